The lowest BCUT2D eigenvalue weighted by atomic mass is 9.97. The van der Waals surface area contributed by atoms with Crippen LogP contribution >= 0.6 is 11.8 Å². The highest BCUT2D eigenvalue weighted by Crippen LogP contribution is 2.24. The molecule has 20 heavy (non-hydrogen) atoms. The first kappa shape index (κ1) is 15.1. The smallest absolute Gasteiger partial charge is 0.0833 e. The molecule has 2 aromatic rings. The van der Waals surface area contributed by atoms with Crippen molar-refractivity contribution in [2.75, 3.05) is 5.75 Å². The van der Waals surface area contributed by atoms with Gasteiger partial charge in [0.15, 0.2) is 0 Å². The zero-order chi connectivity index (χ0) is 14.4. The van der Waals surface area contributed by atoms with Crippen LogP contribution in [0.1, 0.15) is 44.4 Å². The van der Waals surface area contributed by atoms with E-state index in [1.54, 1.807) is 0 Å². The summed E-state index contributed by atoms with van der Waals surface area (Å²) in [6.07, 6.45) is 4.21. The average molecular weight is 289 g/mol. The molecule has 0 spiro atoms. The fourth-order valence-corrected chi connectivity index (χ4v) is 2.90. The van der Waals surface area contributed by atoms with Crippen molar-refractivity contribution in [1.29, 1.82) is 0 Å². The predicted molar refractivity (Wildman–Crippen MR) is 85.3 cm³/mol. The van der Waals surface area contributed by atoms with E-state index in [2.05, 4.69) is 55.3 Å². The molecule has 1 aromatic carbocycles. The topological polar surface area (TPSA) is 30.7 Å². The Balaban J connectivity index is 1.96. The molecule has 0 fully saturated rings. The van der Waals surface area contributed by atoms with Gasteiger partial charge in [0.25, 0.3) is 0 Å². The molecule has 3 nitrogen and oxygen atoms in total. The lowest BCUT2D eigenvalue weighted by Crippen LogP contribution is -1.99. The summed E-state index contributed by atoms with van der Waals surface area (Å²) in [5, 5.41) is 8.31. The highest BCUT2D eigenvalue weighted by molar-refractivity contribution is 7.99. The molecule has 0 bridgehead atoms. The summed E-state index contributed by atoms with van der Waals surface area (Å²) in [6, 6.07) is 8.95. The average Bonchev–Trinajstić information content (AvgIpc) is 2.93. The lowest BCUT2D eigenvalue weighted by Gasteiger charge is -2.10. The molecule has 108 valence electrons. The van der Waals surface area contributed by atoms with Crippen LogP contribution < -0.4 is 0 Å². The highest BCUT2D eigenvalue weighted by Gasteiger charge is 2.09. The summed E-state index contributed by atoms with van der Waals surface area (Å²) in [6.45, 7) is 7.42. The summed E-state index contributed by atoms with van der Waals surface area (Å²) >= 11 is 1.93. The normalized spacial score (nSPS) is 12.6. The molecule has 0 saturated carbocycles. The minimum absolute atomic E-state index is 0.474. The predicted octanol–water partition coefficient (Wildman–Crippen LogP) is 4.15. The second-order valence-electron chi connectivity index (χ2n) is 5.09. The zero-order valence-electron chi connectivity index (χ0n) is 12.5. The zero-order valence-corrected chi connectivity index (χ0v) is 13.4. The Hall–Kier alpha value is -1.29. The van der Waals surface area contributed by atoms with E-state index >= 15 is 0 Å². The summed E-state index contributed by atoms with van der Waals surface area (Å²) in [5.41, 5.74) is 2.45. The maximum Gasteiger partial charge on any atom is 0.0833 e. The van der Waals surface area contributed by atoms with E-state index in [9.17, 15) is 0 Å². The van der Waals surface area contributed by atoms with Gasteiger partial charge in [0, 0.05) is 17.6 Å². The van der Waals surface area contributed by atoms with Crippen LogP contribution in [0.15, 0.2) is 35.4 Å². The monoisotopic (exact) mass is 289 g/mol. The second-order valence-corrected chi connectivity index (χ2v) is 6.26. The van der Waals surface area contributed by atoms with Crippen molar-refractivity contribution in [1.82, 2.24) is 15.0 Å². The maximum absolute atomic E-state index is 4.22. The van der Waals surface area contributed by atoms with Crippen LogP contribution in [-0.4, -0.2) is 20.7 Å². The van der Waals surface area contributed by atoms with Crippen molar-refractivity contribution in [3.8, 4) is 0 Å². The van der Waals surface area contributed by atoms with E-state index in [1.807, 2.05) is 22.6 Å². The third kappa shape index (κ3) is 4.10. The highest BCUT2D eigenvalue weighted by atomic mass is 32.2. The van der Waals surface area contributed by atoms with Gasteiger partial charge < -0.3 is 0 Å². The largest absolute Gasteiger partial charge is 0.253 e. The number of benzene rings is 1. The van der Waals surface area contributed by atoms with Crippen LogP contribution in [0.2, 0.25) is 0 Å². The van der Waals surface area contributed by atoms with E-state index in [4.69, 9.17) is 0 Å². The molecular weight excluding hydrogens is 266 g/mol. The van der Waals surface area contributed by atoms with E-state index in [-0.39, 0.29) is 0 Å². The van der Waals surface area contributed by atoms with Gasteiger partial charge in [-0.05, 0) is 49.1 Å². The Bertz CT molecular complexity index is 519. The van der Waals surface area contributed by atoms with Gasteiger partial charge in [-0.15, -0.1) is 16.9 Å². The Morgan fingerprint density at radius 3 is 2.55 bits per heavy atom. The van der Waals surface area contributed by atoms with Gasteiger partial charge in [0.1, 0.15) is 0 Å². The molecule has 1 aromatic heterocycles. The third-order valence-corrected chi connectivity index (χ3v) is 4.57. The summed E-state index contributed by atoms with van der Waals surface area (Å²) < 4.78 is 1.88. The number of hydrogen-bond donors (Lipinski definition) is 0. The molecule has 0 N–H and O–H groups in total. The molecule has 0 saturated heterocycles. The molecule has 0 aliphatic carbocycles. The van der Waals surface area contributed by atoms with E-state index in [0.717, 1.165) is 18.7 Å². The van der Waals surface area contributed by atoms with Crippen molar-refractivity contribution >= 4 is 11.8 Å². The van der Waals surface area contributed by atoms with Gasteiger partial charge in [0.05, 0.1) is 5.69 Å². The molecular formula is C16H23N3S. The summed E-state index contributed by atoms with van der Waals surface area (Å²) in [5.74, 6) is 1.66. The minimum atomic E-state index is 0.474. The standard InChI is InChI=1S/C16H23N3S/c1-4-10-20-16-8-6-14(7-9-16)13(3)11-15-12-19(5-2)18-17-15/h6-9,12-13H,4-5,10-11H2,1-3H3. The molecule has 0 amide bonds. The number of aromatic nitrogens is 3. The number of aryl methyl sites for hydroxylation is 1. The fraction of sp³-hybridized carbons (Fsp3) is 0.500. The fourth-order valence-electron chi connectivity index (χ4n) is 2.13. The molecule has 4 heteroatoms. The Morgan fingerprint density at radius 2 is 1.95 bits per heavy atom. The first-order valence-electron chi connectivity index (χ1n) is 7.34. The number of hydrogen-bond acceptors (Lipinski definition) is 3. The van der Waals surface area contributed by atoms with Crippen LogP contribution in [0.4, 0.5) is 0 Å². The Labute approximate surface area is 125 Å². The Morgan fingerprint density at radius 1 is 1.20 bits per heavy atom. The third-order valence-electron chi connectivity index (χ3n) is 3.35. The minimum Gasteiger partial charge on any atom is -0.253 e. The van der Waals surface area contributed by atoms with Gasteiger partial charge in [-0.3, -0.25) is 4.68 Å². The van der Waals surface area contributed by atoms with Gasteiger partial charge in [0.2, 0.25) is 0 Å². The number of nitrogens with zero attached hydrogens (tertiary/aromatic N) is 3. The Kier molecular flexibility index (Phi) is 5.65. The van der Waals surface area contributed by atoms with Crippen LogP contribution in [0, 0.1) is 0 Å². The van der Waals surface area contributed by atoms with Crippen molar-refractivity contribution in [2.45, 2.75) is 51.0 Å². The summed E-state index contributed by atoms with van der Waals surface area (Å²) in [4.78, 5) is 1.36. The molecule has 1 atom stereocenters. The van der Waals surface area contributed by atoms with Gasteiger partial charge in [-0.25, -0.2) is 0 Å². The van der Waals surface area contributed by atoms with Gasteiger partial charge in [-0.2, -0.15) is 0 Å². The molecule has 0 aliphatic rings. The van der Waals surface area contributed by atoms with E-state index < -0.39 is 0 Å². The van der Waals surface area contributed by atoms with Crippen LogP contribution in [-0.2, 0) is 13.0 Å². The molecule has 2 rings (SSSR count). The number of rotatable bonds is 7. The van der Waals surface area contributed by atoms with Crippen LogP contribution in [0.3, 0.4) is 0 Å². The van der Waals surface area contributed by atoms with Crippen LogP contribution in [0.25, 0.3) is 0 Å². The SMILES string of the molecule is CCCSc1ccc(C(C)Cc2cn(CC)nn2)cc1. The summed E-state index contributed by atoms with van der Waals surface area (Å²) in [7, 11) is 0. The quantitative estimate of drug-likeness (QED) is 0.718. The van der Waals surface area contributed by atoms with Crippen molar-refractivity contribution in [3.05, 3.63) is 41.7 Å². The molecule has 1 unspecified atom stereocenters. The lowest BCUT2D eigenvalue weighted by molar-refractivity contribution is 0.626. The van der Waals surface area contributed by atoms with E-state index in [0.29, 0.717) is 5.92 Å². The van der Waals surface area contributed by atoms with Crippen LogP contribution in [0.5, 0.6) is 0 Å². The number of thioether (sulfide) groups is 1. The van der Waals surface area contributed by atoms with Gasteiger partial charge in [-0.1, -0.05) is 31.2 Å². The van der Waals surface area contributed by atoms with Crippen molar-refractivity contribution in [2.24, 2.45) is 0 Å². The first-order valence-corrected chi connectivity index (χ1v) is 8.33. The molecule has 0 aliphatic heterocycles. The van der Waals surface area contributed by atoms with Crippen molar-refractivity contribution < 1.29 is 0 Å². The first-order chi connectivity index (χ1) is 9.72. The second kappa shape index (κ2) is 7.48. The molecule has 1 heterocycles. The van der Waals surface area contributed by atoms with E-state index in [1.165, 1.54) is 22.6 Å². The maximum atomic E-state index is 4.22. The molecule has 0 radical (unpaired) electrons. The van der Waals surface area contributed by atoms with Crippen molar-refractivity contribution in [3.63, 3.8) is 0 Å². The van der Waals surface area contributed by atoms with Gasteiger partial charge >= 0.3 is 0 Å².